The van der Waals surface area contributed by atoms with Gasteiger partial charge in [0.15, 0.2) is 0 Å². The first-order valence-electron chi connectivity index (χ1n) is 6.16. The first kappa shape index (κ1) is 11.9. The Hall–Kier alpha value is -2.87. The molecule has 0 unspecified atom stereocenters. The van der Waals surface area contributed by atoms with Crippen LogP contribution in [0.4, 0.5) is 5.95 Å². The average molecular weight is 295 g/mol. The number of nitrogens with zero attached hydrogens (tertiary/aromatic N) is 6. The highest BCUT2D eigenvalue weighted by atomic mass is 32.1. The number of fused-ring (bicyclic) bond motifs is 1. The normalized spacial score (nSPS) is 11.0. The topological polar surface area (TPSA) is 95.4 Å². The molecule has 0 radical (unpaired) electrons. The van der Waals surface area contributed by atoms with Gasteiger partial charge in [0, 0.05) is 12.4 Å². The van der Waals surface area contributed by atoms with Gasteiger partial charge in [-0.25, -0.2) is 9.97 Å². The highest BCUT2D eigenvalue weighted by molar-refractivity contribution is 7.20. The Balaban J connectivity index is 1.84. The van der Waals surface area contributed by atoms with Gasteiger partial charge in [0.1, 0.15) is 5.69 Å². The van der Waals surface area contributed by atoms with Crippen LogP contribution in [-0.4, -0.2) is 29.7 Å². The Morgan fingerprint density at radius 1 is 1.10 bits per heavy atom. The van der Waals surface area contributed by atoms with Crippen LogP contribution in [0, 0.1) is 0 Å². The smallest absolute Gasteiger partial charge is 0.226 e. The third-order valence-electron chi connectivity index (χ3n) is 2.89. The Kier molecular flexibility index (Phi) is 2.61. The fourth-order valence-corrected chi connectivity index (χ4v) is 2.87. The number of rotatable bonds is 2. The number of nitrogen functional groups attached to an aromatic ring is 1. The molecule has 4 aromatic rings. The second-order valence-corrected chi connectivity index (χ2v) is 5.27. The molecule has 0 atom stereocenters. The summed E-state index contributed by atoms with van der Waals surface area (Å²) in [5.74, 6) is 0.703. The van der Waals surface area contributed by atoms with Gasteiger partial charge in [-0.1, -0.05) is 23.5 Å². The molecule has 0 bridgehead atoms. The number of para-hydroxylation sites is 1. The quantitative estimate of drug-likeness (QED) is 0.607. The van der Waals surface area contributed by atoms with Crippen molar-refractivity contribution in [1.82, 2.24) is 29.7 Å². The third-order valence-corrected chi connectivity index (χ3v) is 3.90. The molecular weight excluding hydrogens is 286 g/mol. The van der Waals surface area contributed by atoms with E-state index >= 15 is 0 Å². The zero-order valence-electron chi connectivity index (χ0n) is 10.7. The lowest BCUT2D eigenvalue weighted by molar-refractivity contribution is 0.884. The Labute approximate surface area is 123 Å². The maximum Gasteiger partial charge on any atom is 0.226 e. The summed E-state index contributed by atoms with van der Waals surface area (Å²) < 4.78 is 2.60. The molecule has 0 aliphatic heterocycles. The molecule has 7 nitrogen and oxygen atoms in total. The molecule has 102 valence electrons. The van der Waals surface area contributed by atoms with E-state index in [0.717, 1.165) is 10.2 Å². The Morgan fingerprint density at radius 3 is 2.81 bits per heavy atom. The molecule has 1 aromatic carbocycles. The molecule has 21 heavy (non-hydrogen) atoms. The summed E-state index contributed by atoms with van der Waals surface area (Å²) in [5.41, 5.74) is 7.42. The predicted octanol–water partition coefficient (Wildman–Crippen LogP) is 1.92. The average Bonchev–Trinajstić information content (AvgIpc) is 3.11. The van der Waals surface area contributed by atoms with Crippen molar-refractivity contribution in [3.63, 3.8) is 0 Å². The number of aromatic nitrogens is 6. The predicted molar refractivity (Wildman–Crippen MR) is 80.0 cm³/mol. The molecule has 8 heteroatoms. The fourth-order valence-electron chi connectivity index (χ4n) is 1.94. The van der Waals surface area contributed by atoms with E-state index in [0.29, 0.717) is 16.6 Å². The summed E-state index contributed by atoms with van der Waals surface area (Å²) in [6.45, 7) is 0. The fraction of sp³-hybridized carbons (Fsp3) is 0. The van der Waals surface area contributed by atoms with E-state index in [2.05, 4.69) is 25.0 Å². The van der Waals surface area contributed by atoms with Crippen molar-refractivity contribution in [3.05, 3.63) is 42.9 Å². The molecule has 0 fully saturated rings. The van der Waals surface area contributed by atoms with Crippen LogP contribution in [0.25, 0.3) is 26.9 Å². The van der Waals surface area contributed by atoms with Crippen LogP contribution in [0.5, 0.6) is 0 Å². The number of nitrogens with two attached hydrogens (primary N) is 1. The molecule has 0 spiro atoms. The second-order valence-electron chi connectivity index (χ2n) is 4.26. The minimum absolute atomic E-state index is 0.273. The van der Waals surface area contributed by atoms with Gasteiger partial charge in [0.25, 0.3) is 0 Å². The van der Waals surface area contributed by atoms with Crippen LogP contribution in [0.1, 0.15) is 0 Å². The molecule has 4 rings (SSSR count). The first-order chi connectivity index (χ1) is 10.3. The van der Waals surface area contributed by atoms with Gasteiger partial charge >= 0.3 is 0 Å². The van der Waals surface area contributed by atoms with E-state index < -0.39 is 0 Å². The second kappa shape index (κ2) is 4.60. The van der Waals surface area contributed by atoms with E-state index in [1.165, 1.54) is 16.0 Å². The zero-order valence-corrected chi connectivity index (χ0v) is 11.5. The molecular formula is C13H9N7S. The summed E-state index contributed by atoms with van der Waals surface area (Å²) in [6, 6.07) is 7.88. The number of anilines is 1. The Morgan fingerprint density at radius 2 is 2.00 bits per heavy atom. The van der Waals surface area contributed by atoms with Crippen LogP contribution < -0.4 is 5.73 Å². The van der Waals surface area contributed by atoms with Gasteiger partial charge in [0.2, 0.25) is 16.9 Å². The van der Waals surface area contributed by atoms with Gasteiger partial charge < -0.3 is 5.73 Å². The monoisotopic (exact) mass is 295 g/mol. The van der Waals surface area contributed by atoms with Gasteiger partial charge in [-0.05, 0) is 12.1 Å². The molecule has 0 amide bonds. The van der Waals surface area contributed by atoms with Gasteiger partial charge in [-0.2, -0.15) is 9.67 Å². The van der Waals surface area contributed by atoms with E-state index in [1.807, 2.05) is 24.3 Å². The van der Waals surface area contributed by atoms with Crippen LogP contribution in [-0.2, 0) is 0 Å². The molecule has 3 heterocycles. The maximum atomic E-state index is 5.94. The lowest BCUT2D eigenvalue weighted by Gasteiger charge is -1.94. The van der Waals surface area contributed by atoms with E-state index in [9.17, 15) is 0 Å². The van der Waals surface area contributed by atoms with Gasteiger partial charge in [0.05, 0.1) is 16.4 Å². The lowest BCUT2D eigenvalue weighted by atomic mass is 10.3. The van der Waals surface area contributed by atoms with Crippen LogP contribution in [0.3, 0.4) is 0 Å². The summed E-state index contributed by atoms with van der Waals surface area (Å²) in [5, 5.41) is 5.05. The van der Waals surface area contributed by atoms with Crippen molar-refractivity contribution >= 4 is 27.5 Å². The summed E-state index contributed by atoms with van der Waals surface area (Å²) in [6.07, 6.45) is 4.78. The summed E-state index contributed by atoms with van der Waals surface area (Å²) in [7, 11) is 0. The Bertz CT molecular complexity index is 880. The van der Waals surface area contributed by atoms with E-state index in [4.69, 9.17) is 5.73 Å². The van der Waals surface area contributed by atoms with Crippen LogP contribution in [0.15, 0.2) is 42.9 Å². The van der Waals surface area contributed by atoms with Crippen LogP contribution >= 0.6 is 11.3 Å². The number of hydrogen-bond acceptors (Lipinski definition) is 7. The molecule has 0 saturated heterocycles. The molecule has 0 aliphatic rings. The molecule has 2 N–H and O–H groups in total. The maximum absolute atomic E-state index is 5.94. The minimum atomic E-state index is 0.273. The van der Waals surface area contributed by atoms with E-state index in [1.54, 1.807) is 18.6 Å². The highest BCUT2D eigenvalue weighted by Gasteiger charge is 2.14. The van der Waals surface area contributed by atoms with Gasteiger partial charge in [-0.15, -0.1) is 5.10 Å². The largest absolute Gasteiger partial charge is 0.368 e. The summed E-state index contributed by atoms with van der Waals surface area (Å²) >= 11 is 1.51. The molecule has 3 aromatic heterocycles. The lowest BCUT2D eigenvalue weighted by Crippen LogP contribution is -2.01. The molecule has 0 aliphatic carbocycles. The summed E-state index contributed by atoms with van der Waals surface area (Å²) in [4.78, 5) is 16.9. The van der Waals surface area contributed by atoms with Crippen molar-refractivity contribution in [2.24, 2.45) is 0 Å². The number of hydrogen-bond donors (Lipinski definition) is 1. The van der Waals surface area contributed by atoms with E-state index in [-0.39, 0.29) is 5.95 Å². The molecule has 0 saturated carbocycles. The van der Waals surface area contributed by atoms with Crippen molar-refractivity contribution in [1.29, 1.82) is 0 Å². The minimum Gasteiger partial charge on any atom is -0.368 e. The first-order valence-corrected chi connectivity index (χ1v) is 6.98. The van der Waals surface area contributed by atoms with Crippen molar-refractivity contribution in [2.45, 2.75) is 0 Å². The number of benzene rings is 1. The van der Waals surface area contributed by atoms with Gasteiger partial charge in [-0.3, -0.25) is 4.98 Å². The standard InChI is InChI=1S/C13H9N7S/c14-12-18-11(9-7-15-5-6-16-9)19-20(12)13-17-8-3-1-2-4-10(8)21-13/h1-7H,(H2,14,18,19). The number of thiazole rings is 1. The van der Waals surface area contributed by atoms with Crippen molar-refractivity contribution < 1.29 is 0 Å². The highest BCUT2D eigenvalue weighted by Crippen LogP contribution is 2.26. The van der Waals surface area contributed by atoms with Crippen molar-refractivity contribution in [2.75, 3.05) is 5.73 Å². The van der Waals surface area contributed by atoms with Crippen molar-refractivity contribution in [3.8, 4) is 16.6 Å². The zero-order chi connectivity index (χ0) is 14.2. The SMILES string of the molecule is Nc1nc(-c2cnccn2)nn1-c1nc2ccccc2s1. The van der Waals surface area contributed by atoms with Crippen LogP contribution in [0.2, 0.25) is 0 Å². The third kappa shape index (κ3) is 2.01.